The van der Waals surface area contributed by atoms with Crippen LogP contribution >= 0.6 is 0 Å². The Morgan fingerprint density at radius 3 is 2.90 bits per heavy atom. The van der Waals surface area contributed by atoms with Crippen LogP contribution in [-0.4, -0.2) is 41.1 Å². The van der Waals surface area contributed by atoms with Crippen molar-refractivity contribution in [2.75, 3.05) is 13.2 Å². The van der Waals surface area contributed by atoms with E-state index < -0.39 is 5.79 Å². The van der Waals surface area contributed by atoms with E-state index in [4.69, 9.17) is 14.0 Å². The average molecular weight is 417 g/mol. The number of nitrogens with one attached hydrogen (secondary N) is 1. The number of halogens is 1. The van der Waals surface area contributed by atoms with Gasteiger partial charge in [-0.1, -0.05) is 24.2 Å². The van der Waals surface area contributed by atoms with Crippen molar-refractivity contribution in [3.8, 4) is 11.4 Å². The first-order valence-corrected chi connectivity index (χ1v) is 10.6. The molecule has 1 spiro atoms. The summed E-state index contributed by atoms with van der Waals surface area (Å²) in [5.41, 5.74) is 1.10. The minimum absolute atomic E-state index is 0.113. The molecule has 2 heterocycles. The molecule has 162 valence electrons. The summed E-state index contributed by atoms with van der Waals surface area (Å²) < 4.78 is 31.0. The SMILES string of the molecule is Cc1ccc(-c2noc(CCC(=O)NC[C@H]3COC4(CCC(C)CC4)O3)n2)cc1F. The standard InChI is InChI=1S/C22H28FN3O4/c1-14-7-9-22(10-8-14)28-13-17(29-22)12-24-19(27)5-6-20-25-21(26-30-20)16-4-3-15(2)18(23)11-16/h3-4,11,14,17H,5-10,12-13H2,1-2H3,(H,24,27)/t14?,17-,22?/m0/s1. The third-order valence-electron chi connectivity index (χ3n) is 5.94. The number of carbonyl (C=O) groups is 1. The first-order chi connectivity index (χ1) is 14.4. The number of amides is 1. The second-order valence-electron chi connectivity index (χ2n) is 8.42. The fraction of sp³-hybridized carbons (Fsp3) is 0.591. The van der Waals surface area contributed by atoms with E-state index in [9.17, 15) is 9.18 Å². The molecule has 1 N–H and O–H groups in total. The van der Waals surface area contributed by atoms with Crippen molar-refractivity contribution < 1.29 is 23.2 Å². The van der Waals surface area contributed by atoms with Gasteiger partial charge in [-0.15, -0.1) is 0 Å². The molecule has 1 aliphatic carbocycles. The zero-order chi connectivity index (χ0) is 21.1. The van der Waals surface area contributed by atoms with Crippen LogP contribution in [0.5, 0.6) is 0 Å². The fourth-order valence-corrected chi connectivity index (χ4v) is 3.92. The Morgan fingerprint density at radius 2 is 2.13 bits per heavy atom. The number of rotatable bonds is 6. The van der Waals surface area contributed by atoms with Crippen LogP contribution in [-0.2, 0) is 20.7 Å². The number of hydrogen-bond acceptors (Lipinski definition) is 6. The Kier molecular flexibility index (Phi) is 6.15. The van der Waals surface area contributed by atoms with E-state index in [1.165, 1.54) is 6.07 Å². The van der Waals surface area contributed by atoms with Crippen LogP contribution < -0.4 is 5.32 Å². The molecule has 1 aromatic heterocycles. The fourth-order valence-electron chi connectivity index (χ4n) is 3.92. The van der Waals surface area contributed by atoms with Crippen LogP contribution in [0.2, 0.25) is 0 Å². The lowest BCUT2D eigenvalue weighted by Crippen LogP contribution is -2.38. The molecule has 0 unspecified atom stereocenters. The molecule has 7 nitrogen and oxygen atoms in total. The molecule has 1 aromatic carbocycles. The number of nitrogens with zero attached hydrogens (tertiary/aromatic N) is 2. The minimum atomic E-state index is -0.447. The van der Waals surface area contributed by atoms with Gasteiger partial charge in [0.25, 0.3) is 0 Å². The molecule has 8 heteroatoms. The molecule has 2 fully saturated rings. The molecule has 1 saturated carbocycles. The Labute approximate surface area is 175 Å². The number of ether oxygens (including phenoxy) is 2. The summed E-state index contributed by atoms with van der Waals surface area (Å²) in [6.45, 7) is 4.88. The summed E-state index contributed by atoms with van der Waals surface area (Å²) in [5, 5.41) is 6.77. The molecule has 30 heavy (non-hydrogen) atoms. The van der Waals surface area contributed by atoms with E-state index in [1.807, 2.05) is 0 Å². The third-order valence-corrected chi connectivity index (χ3v) is 5.94. The lowest BCUT2D eigenvalue weighted by Gasteiger charge is -2.34. The van der Waals surface area contributed by atoms with Gasteiger partial charge in [-0.2, -0.15) is 4.98 Å². The summed E-state index contributed by atoms with van der Waals surface area (Å²) in [4.78, 5) is 16.5. The molecule has 1 saturated heterocycles. The van der Waals surface area contributed by atoms with Crippen LogP contribution in [0.1, 0.15) is 50.5 Å². The van der Waals surface area contributed by atoms with Gasteiger partial charge in [0.1, 0.15) is 11.9 Å². The Hall–Kier alpha value is -2.32. The summed E-state index contributed by atoms with van der Waals surface area (Å²) in [6, 6.07) is 4.78. The molecule has 0 radical (unpaired) electrons. The van der Waals surface area contributed by atoms with Crippen LogP contribution in [0.4, 0.5) is 4.39 Å². The summed E-state index contributed by atoms with van der Waals surface area (Å²) in [6.07, 6.45) is 4.48. The van der Waals surface area contributed by atoms with Gasteiger partial charge in [-0.25, -0.2) is 4.39 Å². The zero-order valence-corrected chi connectivity index (χ0v) is 17.4. The maximum atomic E-state index is 13.7. The second kappa shape index (κ2) is 8.81. The largest absolute Gasteiger partial charge is 0.353 e. The van der Waals surface area contributed by atoms with Gasteiger partial charge >= 0.3 is 0 Å². The maximum absolute atomic E-state index is 13.7. The molecule has 2 aliphatic rings. The number of benzene rings is 1. The van der Waals surface area contributed by atoms with Crippen molar-refractivity contribution >= 4 is 5.91 Å². The molecular formula is C22H28FN3O4. The van der Waals surface area contributed by atoms with Crippen molar-refractivity contribution in [2.24, 2.45) is 5.92 Å². The van der Waals surface area contributed by atoms with Crippen molar-refractivity contribution in [1.29, 1.82) is 0 Å². The Balaban J connectivity index is 1.21. The lowest BCUT2D eigenvalue weighted by molar-refractivity contribution is -0.191. The molecule has 0 bridgehead atoms. The highest BCUT2D eigenvalue weighted by Crippen LogP contribution is 2.39. The Bertz CT molecular complexity index is 892. The van der Waals surface area contributed by atoms with Gasteiger partial charge in [0.05, 0.1) is 6.61 Å². The van der Waals surface area contributed by atoms with E-state index in [0.717, 1.165) is 31.6 Å². The van der Waals surface area contributed by atoms with Crippen molar-refractivity contribution in [3.63, 3.8) is 0 Å². The van der Waals surface area contributed by atoms with E-state index in [0.29, 0.717) is 42.4 Å². The monoisotopic (exact) mass is 417 g/mol. The molecule has 2 aromatic rings. The van der Waals surface area contributed by atoms with Gasteiger partial charge in [0.2, 0.25) is 17.6 Å². The Morgan fingerprint density at radius 1 is 1.33 bits per heavy atom. The summed E-state index contributed by atoms with van der Waals surface area (Å²) in [7, 11) is 0. The first kappa shape index (κ1) is 20.9. The number of aryl methyl sites for hydroxylation is 2. The van der Waals surface area contributed by atoms with E-state index in [1.54, 1.807) is 19.1 Å². The van der Waals surface area contributed by atoms with Gasteiger partial charge in [-0.05, 0) is 37.3 Å². The number of carbonyl (C=O) groups excluding carboxylic acids is 1. The van der Waals surface area contributed by atoms with Gasteiger partial charge in [0.15, 0.2) is 5.79 Å². The molecule has 1 atom stereocenters. The topological polar surface area (TPSA) is 86.5 Å². The van der Waals surface area contributed by atoms with Gasteiger partial charge in [0, 0.05) is 37.8 Å². The van der Waals surface area contributed by atoms with Crippen molar-refractivity contribution in [3.05, 3.63) is 35.5 Å². The molecule has 1 aliphatic heterocycles. The first-order valence-electron chi connectivity index (χ1n) is 10.6. The zero-order valence-electron chi connectivity index (χ0n) is 17.4. The third kappa shape index (κ3) is 4.87. The molecule has 1 amide bonds. The van der Waals surface area contributed by atoms with E-state index in [-0.39, 0.29) is 24.2 Å². The van der Waals surface area contributed by atoms with Crippen molar-refractivity contribution in [1.82, 2.24) is 15.5 Å². The lowest BCUT2D eigenvalue weighted by atomic mass is 9.86. The smallest absolute Gasteiger partial charge is 0.227 e. The normalized spacial score (nSPS) is 26.2. The molecular weight excluding hydrogens is 389 g/mol. The van der Waals surface area contributed by atoms with Crippen LogP contribution in [0.15, 0.2) is 22.7 Å². The maximum Gasteiger partial charge on any atom is 0.227 e. The average Bonchev–Trinajstić information content (AvgIpc) is 3.37. The van der Waals surface area contributed by atoms with Crippen molar-refractivity contribution in [2.45, 2.75) is 64.3 Å². The highest BCUT2D eigenvalue weighted by Gasteiger charge is 2.43. The second-order valence-corrected chi connectivity index (χ2v) is 8.42. The highest BCUT2D eigenvalue weighted by molar-refractivity contribution is 5.76. The summed E-state index contributed by atoms with van der Waals surface area (Å²) >= 11 is 0. The predicted molar refractivity (Wildman–Crippen MR) is 107 cm³/mol. The van der Waals surface area contributed by atoms with Crippen LogP contribution in [0.3, 0.4) is 0 Å². The van der Waals surface area contributed by atoms with Crippen LogP contribution in [0.25, 0.3) is 11.4 Å². The quantitative estimate of drug-likeness (QED) is 0.774. The van der Waals surface area contributed by atoms with Gasteiger partial charge in [-0.3, -0.25) is 4.79 Å². The summed E-state index contributed by atoms with van der Waals surface area (Å²) in [5.74, 6) is 0.498. The molecule has 4 rings (SSSR count). The highest BCUT2D eigenvalue weighted by atomic mass is 19.1. The predicted octanol–water partition coefficient (Wildman–Crippen LogP) is 3.55. The van der Waals surface area contributed by atoms with Crippen LogP contribution in [0, 0.1) is 18.7 Å². The number of aromatic nitrogens is 2. The van der Waals surface area contributed by atoms with E-state index >= 15 is 0 Å². The number of hydrogen-bond donors (Lipinski definition) is 1. The minimum Gasteiger partial charge on any atom is -0.353 e. The van der Waals surface area contributed by atoms with Gasteiger partial charge < -0.3 is 19.3 Å². The van der Waals surface area contributed by atoms with E-state index in [2.05, 4.69) is 22.4 Å².